The Hall–Kier alpha value is -1.30. The van der Waals surface area contributed by atoms with Crippen molar-refractivity contribution in [2.24, 2.45) is 0 Å². The highest BCUT2D eigenvalue weighted by molar-refractivity contribution is 6.32. The Kier molecular flexibility index (Phi) is 6.69. The number of para-hydroxylation sites is 1. The van der Waals surface area contributed by atoms with Crippen molar-refractivity contribution in [2.45, 2.75) is 25.0 Å². The third-order valence-electron chi connectivity index (χ3n) is 4.30. The summed E-state index contributed by atoms with van der Waals surface area (Å²) >= 11 is 6.02. The van der Waals surface area contributed by atoms with Gasteiger partial charge in [-0.2, -0.15) is 0 Å². The first-order valence-corrected chi connectivity index (χ1v) is 8.23. The summed E-state index contributed by atoms with van der Waals surface area (Å²) in [7, 11) is 5.65. The summed E-state index contributed by atoms with van der Waals surface area (Å²) in [4.78, 5) is 16.2. The quantitative estimate of drug-likeness (QED) is 0.763. The fourth-order valence-electron chi connectivity index (χ4n) is 2.83. The molecule has 0 saturated carbocycles. The van der Waals surface area contributed by atoms with Gasteiger partial charge in [-0.1, -0.05) is 23.7 Å². The van der Waals surface area contributed by atoms with Crippen molar-refractivity contribution in [3.8, 4) is 5.75 Å². The van der Waals surface area contributed by atoms with Crippen LogP contribution in [0.2, 0.25) is 5.02 Å². The number of nitrogens with zero attached hydrogens (tertiary/aromatic N) is 2. The Labute approximate surface area is 143 Å². The van der Waals surface area contributed by atoms with Crippen LogP contribution in [0.25, 0.3) is 0 Å². The molecule has 5 nitrogen and oxygen atoms in total. The highest BCUT2D eigenvalue weighted by atomic mass is 35.5. The number of benzene rings is 1. The van der Waals surface area contributed by atoms with E-state index in [9.17, 15) is 4.79 Å². The lowest BCUT2D eigenvalue weighted by atomic mass is 10.2. The van der Waals surface area contributed by atoms with Gasteiger partial charge in [-0.3, -0.25) is 9.69 Å². The Morgan fingerprint density at radius 3 is 2.83 bits per heavy atom. The highest BCUT2D eigenvalue weighted by Gasteiger charge is 2.30. The number of carbonyl (C=O) groups is 1. The van der Waals surface area contributed by atoms with Gasteiger partial charge in [0.1, 0.15) is 5.75 Å². The third kappa shape index (κ3) is 5.09. The standard InChI is InChI=1S/C17H25ClN2O3/c1-19-12-14(22-3)10-13(19)11-20(2)17(21)8-9-23-16-7-5-4-6-15(16)18/h4-7,13-14H,8-12H2,1-3H3/t13-,14-/m0/s1. The average molecular weight is 341 g/mol. The van der Waals surface area contributed by atoms with Crippen LogP contribution in [-0.4, -0.2) is 68.8 Å². The maximum atomic E-state index is 12.2. The molecule has 23 heavy (non-hydrogen) atoms. The van der Waals surface area contributed by atoms with Gasteiger partial charge in [0, 0.05) is 33.3 Å². The van der Waals surface area contributed by atoms with Gasteiger partial charge in [-0.05, 0) is 25.6 Å². The molecule has 1 amide bonds. The molecule has 0 bridgehead atoms. The van der Waals surface area contributed by atoms with Gasteiger partial charge in [0.25, 0.3) is 0 Å². The lowest BCUT2D eigenvalue weighted by molar-refractivity contribution is -0.131. The fourth-order valence-corrected chi connectivity index (χ4v) is 3.02. The number of hydrogen-bond acceptors (Lipinski definition) is 4. The Bertz CT molecular complexity index is 526. The van der Waals surface area contributed by atoms with E-state index in [2.05, 4.69) is 11.9 Å². The summed E-state index contributed by atoms with van der Waals surface area (Å²) in [6.07, 6.45) is 1.56. The molecular formula is C17H25ClN2O3. The Balaban J connectivity index is 1.74. The first-order valence-electron chi connectivity index (χ1n) is 7.85. The second-order valence-corrected chi connectivity index (χ2v) is 6.40. The molecule has 1 fully saturated rings. The second-order valence-electron chi connectivity index (χ2n) is 5.99. The van der Waals surface area contributed by atoms with Gasteiger partial charge in [0.15, 0.2) is 0 Å². The molecule has 0 unspecified atom stereocenters. The summed E-state index contributed by atoms with van der Waals surface area (Å²) in [6.45, 7) is 1.95. The van der Waals surface area contributed by atoms with Gasteiger partial charge < -0.3 is 14.4 Å². The van der Waals surface area contributed by atoms with Crippen LogP contribution in [0.4, 0.5) is 0 Å². The lowest BCUT2D eigenvalue weighted by Gasteiger charge is -2.25. The molecule has 128 valence electrons. The van der Waals surface area contributed by atoms with Crippen molar-refractivity contribution < 1.29 is 14.3 Å². The van der Waals surface area contributed by atoms with Crippen molar-refractivity contribution in [3.05, 3.63) is 29.3 Å². The van der Waals surface area contributed by atoms with E-state index in [0.29, 0.717) is 36.4 Å². The minimum Gasteiger partial charge on any atom is -0.491 e. The number of carbonyl (C=O) groups excluding carboxylic acids is 1. The van der Waals surface area contributed by atoms with Gasteiger partial charge in [0.05, 0.1) is 24.2 Å². The van der Waals surface area contributed by atoms with Crippen molar-refractivity contribution in [2.75, 3.05) is 40.9 Å². The van der Waals surface area contributed by atoms with Crippen molar-refractivity contribution in [1.82, 2.24) is 9.80 Å². The SMILES string of the molecule is CO[C@H]1C[C@@H](CN(C)C(=O)CCOc2ccccc2Cl)N(C)C1. The zero-order valence-corrected chi connectivity index (χ0v) is 14.8. The molecule has 1 saturated heterocycles. The molecule has 2 rings (SSSR count). The van der Waals surface area contributed by atoms with Crippen LogP contribution in [-0.2, 0) is 9.53 Å². The monoisotopic (exact) mass is 340 g/mol. The molecule has 0 radical (unpaired) electrons. The number of hydrogen-bond donors (Lipinski definition) is 0. The molecule has 1 aliphatic rings. The van der Waals surface area contributed by atoms with Gasteiger partial charge in [-0.15, -0.1) is 0 Å². The van der Waals surface area contributed by atoms with Gasteiger partial charge >= 0.3 is 0 Å². The van der Waals surface area contributed by atoms with Crippen LogP contribution in [0.3, 0.4) is 0 Å². The highest BCUT2D eigenvalue weighted by Crippen LogP contribution is 2.23. The van der Waals surface area contributed by atoms with Crippen molar-refractivity contribution in [3.63, 3.8) is 0 Å². The molecule has 2 atom stereocenters. The molecule has 1 heterocycles. The van der Waals surface area contributed by atoms with Crippen LogP contribution in [0.1, 0.15) is 12.8 Å². The number of halogens is 1. The van der Waals surface area contributed by atoms with Crippen LogP contribution < -0.4 is 4.74 Å². The summed E-state index contributed by atoms with van der Waals surface area (Å²) in [6, 6.07) is 7.62. The van der Waals surface area contributed by atoms with Crippen molar-refractivity contribution >= 4 is 17.5 Å². The number of methoxy groups -OCH3 is 1. The Morgan fingerprint density at radius 1 is 1.43 bits per heavy atom. The summed E-state index contributed by atoms with van der Waals surface area (Å²) in [5.74, 6) is 0.689. The second kappa shape index (κ2) is 8.52. The minimum absolute atomic E-state index is 0.0753. The first kappa shape index (κ1) is 18.0. The molecule has 1 aromatic rings. The number of likely N-dealkylation sites (tertiary alicyclic amines) is 1. The summed E-state index contributed by atoms with van der Waals surface area (Å²) in [5.41, 5.74) is 0. The van der Waals surface area contributed by atoms with Crippen LogP contribution >= 0.6 is 11.6 Å². The lowest BCUT2D eigenvalue weighted by Crippen LogP contribution is -2.39. The minimum atomic E-state index is 0.0753. The van der Waals surface area contributed by atoms with Crippen LogP contribution in [0.15, 0.2) is 24.3 Å². The predicted molar refractivity (Wildman–Crippen MR) is 91.0 cm³/mol. The molecule has 1 aliphatic heterocycles. The van der Waals surface area contributed by atoms with E-state index in [1.54, 1.807) is 24.1 Å². The van der Waals surface area contributed by atoms with Gasteiger partial charge in [-0.25, -0.2) is 0 Å². The van der Waals surface area contributed by atoms with E-state index >= 15 is 0 Å². The maximum Gasteiger partial charge on any atom is 0.225 e. The first-order chi connectivity index (χ1) is 11.0. The molecule has 6 heteroatoms. The molecule has 0 N–H and O–H groups in total. The number of rotatable bonds is 7. The zero-order valence-electron chi connectivity index (χ0n) is 14.0. The van der Waals surface area contributed by atoms with Crippen LogP contribution in [0, 0.1) is 0 Å². The molecule has 0 spiro atoms. The smallest absolute Gasteiger partial charge is 0.225 e. The van der Waals surface area contributed by atoms with E-state index in [1.165, 1.54) is 0 Å². The number of ether oxygens (including phenoxy) is 2. The van der Waals surface area contributed by atoms with E-state index in [0.717, 1.165) is 13.0 Å². The fraction of sp³-hybridized carbons (Fsp3) is 0.588. The van der Waals surface area contributed by atoms with E-state index in [1.807, 2.05) is 19.2 Å². The topological polar surface area (TPSA) is 42.0 Å². The summed E-state index contributed by atoms with van der Waals surface area (Å²) in [5, 5.41) is 0.562. The van der Waals surface area contributed by atoms with E-state index in [4.69, 9.17) is 21.1 Å². The molecular weight excluding hydrogens is 316 g/mol. The average Bonchev–Trinajstić information content (AvgIpc) is 2.89. The number of likely N-dealkylation sites (N-methyl/N-ethyl adjacent to an activating group) is 2. The normalized spacial score (nSPS) is 21.4. The van der Waals surface area contributed by atoms with Crippen molar-refractivity contribution in [1.29, 1.82) is 0 Å². The molecule has 0 aliphatic carbocycles. The number of amides is 1. The predicted octanol–water partition coefficient (Wildman–Crippen LogP) is 2.29. The summed E-state index contributed by atoms with van der Waals surface area (Å²) < 4.78 is 11.0. The van der Waals surface area contributed by atoms with Crippen LogP contribution in [0.5, 0.6) is 5.75 Å². The molecule has 0 aromatic heterocycles. The Morgan fingerprint density at radius 2 is 2.17 bits per heavy atom. The van der Waals surface area contributed by atoms with E-state index < -0.39 is 0 Å². The largest absolute Gasteiger partial charge is 0.491 e. The maximum absolute atomic E-state index is 12.2. The molecule has 1 aromatic carbocycles. The van der Waals surface area contributed by atoms with Gasteiger partial charge in [0.2, 0.25) is 5.91 Å². The third-order valence-corrected chi connectivity index (χ3v) is 4.62. The van der Waals surface area contributed by atoms with E-state index in [-0.39, 0.29) is 12.0 Å². The zero-order chi connectivity index (χ0) is 16.8.